The number of aryl methyl sites for hydroxylation is 1. The topological polar surface area (TPSA) is 90.0 Å². The van der Waals surface area contributed by atoms with Crippen LogP contribution in [0.1, 0.15) is 15.9 Å². The Hall–Kier alpha value is -2.70. The summed E-state index contributed by atoms with van der Waals surface area (Å²) >= 11 is 0. The number of benzene rings is 1. The minimum atomic E-state index is -0.564. The highest BCUT2D eigenvalue weighted by atomic mass is 19.1. The standard InChI is InChI=1S/C15H17FN4O2/c1-20-9-12(8-19-20)15(22)18-7-11(14(17)21)6-10-2-4-13(16)5-3-10/h2-5,8-9,11H,6-7H2,1H3,(H2,17,21)(H,18,22)/t11-/m0/s1. The third kappa shape index (κ3) is 4.15. The van der Waals surface area contributed by atoms with Crippen LogP contribution in [0.4, 0.5) is 4.39 Å². The third-order valence-corrected chi connectivity index (χ3v) is 3.27. The molecule has 2 amide bonds. The Bertz CT molecular complexity index is 666. The second kappa shape index (κ2) is 6.84. The van der Waals surface area contributed by atoms with E-state index in [1.807, 2.05) is 0 Å². The summed E-state index contributed by atoms with van der Waals surface area (Å²) in [5.74, 6) is -1.75. The lowest BCUT2D eigenvalue weighted by atomic mass is 9.98. The first-order valence-corrected chi connectivity index (χ1v) is 6.76. The van der Waals surface area contributed by atoms with E-state index in [-0.39, 0.29) is 18.3 Å². The second-order valence-electron chi connectivity index (χ2n) is 5.04. The van der Waals surface area contributed by atoms with Gasteiger partial charge in [-0.1, -0.05) is 12.1 Å². The fraction of sp³-hybridized carbons (Fsp3) is 0.267. The van der Waals surface area contributed by atoms with Crippen molar-refractivity contribution in [2.75, 3.05) is 6.54 Å². The number of amides is 2. The van der Waals surface area contributed by atoms with E-state index in [1.54, 1.807) is 25.4 Å². The molecule has 1 aromatic carbocycles. The van der Waals surface area contributed by atoms with Gasteiger partial charge in [-0.3, -0.25) is 14.3 Å². The summed E-state index contributed by atoms with van der Waals surface area (Å²) in [7, 11) is 1.71. The van der Waals surface area contributed by atoms with Gasteiger partial charge >= 0.3 is 0 Å². The van der Waals surface area contributed by atoms with Crippen molar-refractivity contribution in [3.8, 4) is 0 Å². The smallest absolute Gasteiger partial charge is 0.254 e. The first-order chi connectivity index (χ1) is 10.5. The van der Waals surface area contributed by atoms with E-state index in [0.29, 0.717) is 12.0 Å². The van der Waals surface area contributed by atoms with E-state index in [2.05, 4.69) is 10.4 Å². The monoisotopic (exact) mass is 304 g/mol. The zero-order chi connectivity index (χ0) is 16.1. The number of nitrogens with one attached hydrogen (secondary N) is 1. The summed E-state index contributed by atoms with van der Waals surface area (Å²) in [6, 6.07) is 5.83. The van der Waals surface area contributed by atoms with Gasteiger partial charge < -0.3 is 11.1 Å². The first-order valence-electron chi connectivity index (χ1n) is 6.76. The fourth-order valence-corrected chi connectivity index (χ4v) is 2.03. The summed E-state index contributed by atoms with van der Waals surface area (Å²) in [5.41, 5.74) is 6.55. The highest BCUT2D eigenvalue weighted by Gasteiger charge is 2.18. The van der Waals surface area contributed by atoms with Crippen LogP contribution in [0.5, 0.6) is 0 Å². The van der Waals surface area contributed by atoms with Crippen molar-refractivity contribution in [1.29, 1.82) is 0 Å². The van der Waals surface area contributed by atoms with E-state index in [0.717, 1.165) is 5.56 Å². The second-order valence-corrected chi connectivity index (χ2v) is 5.04. The van der Waals surface area contributed by atoms with Gasteiger partial charge in [0.1, 0.15) is 5.82 Å². The average molecular weight is 304 g/mol. The molecule has 0 fully saturated rings. The molecule has 22 heavy (non-hydrogen) atoms. The van der Waals surface area contributed by atoms with Gasteiger partial charge in [0.25, 0.3) is 5.91 Å². The number of carbonyl (C=O) groups is 2. The van der Waals surface area contributed by atoms with E-state index in [9.17, 15) is 14.0 Å². The third-order valence-electron chi connectivity index (χ3n) is 3.27. The molecule has 2 rings (SSSR count). The quantitative estimate of drug-likeness (QED) is 0.820. The van der Waals surface area contributed by atoms with Gasteiger partial charge in [0, 0.05) is 19.8 Å². The summed E-state index contributed by atoms with van der Waals surface area (Å²) in [4.78, 5) is 23.4. The number of nitrogens with zero attached hydrogens (tertiary/aromatic N) is 2. The Morgan fingerprint density at radius 1 is 1.36 bits per heavy atom. The molecule has 1 atom stereocenters. The molecule has 116 valence electrons. The van der Waals surface area contributed by atoms with E-state index in [4.69, 9.17) is 5.73 Å². The molecule has 0 saturated heterocycles. The number of hydrogen-bond acceptors (Lipinski definition) is 3. The van der Waals surface area contributed by atoms with Crippen molar-refractivity contribution < 1.29 is 14.0 Å². The van der Waals surface area contributed by atoms with Crippen LogP contribution < -0.4 is 11.1 Å². The van der Waals surface area contributed by atoms with Crippen molar-refractivity contribution in [3.63, 3.8) is 0 Å². The minimum Gasteiger partial charge on any atom is -0.369 e. The molecule has 1 aromatic heterocycles. The van der Waals surface area contributed by atoms with Crippen molar-refractivity contribution >= 4 is 11.8 Å². The Kier molecular flexibility index (Phi) is 4.88. The molecule has 0 aliphatic rings. The molecule has 0 aliphatic carbocycles. The molecule has 0 radical (unpaired) electrons. The molecule has 7 heteroatoms. The molecule has 2 aromatic rings. The SMILES string of the molecule is Cn1cc(C(=O)NC[C@H](Cc2ccc(F)cc2)C(N)=O)cn1. The predicted octanol–water partition coefficient (Wildman–Crippen LogP) is 0.633. The first kappa shape index (κ1) is 15.7. The number of rotatable bonds is 6. The fourth-order valence-electron chi connectivity index (χ4n) is 2.03. The number of aromatic nitrogens is 2. The molecule has 0 aliphatic heterocycles. The zero-order valence-electron chi connectivity index (χ0n) is 12.1. The summed E-state index contributed by atoms with van der Waals surface area (Å²) in [5, 5.41) is 6.56. The maximum absolute atomic E-state index is 12.9. The molecule has 3 N–H and O–H groups in total. The number of halogens is 1. The van der Waals surface area contributed by atoms with E-state index < -0.39 is 11.8 Å². The van der Waals surface area contributed by atoms with Gasteiger partial charge in [-0.2, -0.15) is 5.10 Å². The molecule has 0 bridgehead atoms. The molecule has 0 spiro atoms. The van der Waals surface area contributed by atoms with Crippen molar-refractivity contribution in [2.45, 2.75) is 6.42 Å². The lowest BCUT2D eigenvalue weighted by Crippen LogP contribution is -2.37. The van der Waals surface area contributed by atoms with Crippen LogP contribution in [0.15, 0.2) is 36.7 Å². The summed E-state index contributed by atoms with van der Waals surface area (Å²) in [6.07, 6.45) is 3.35. The van der Waals surface area contributed by atoms with Gasteiger partial charge in [-0.15, -0.1) is 0 Å². The van der Waals surface area contributed by atoms with Crippen LogP contribution in [0.25, 0.3) is 0 Å². The predicted molar refractivity (Wildman–Crippen MR) is 78.3 cm³/mol. The van der Waals surface area contributed by atoms with Crippen LogP contribution >= 0.6 is 0 Å². The highest BCUT2D eigenvalue weighted by Crippen LogP contribution is 2.10. The number of hydrogen-bond donors (Lipinski definition) is 2. The average Bonchev–Trinajstić information content (AvgIpc) is 2.91. The van der Waals surface area contributed by atoms with Crippen molar-refractivity contribution in [2.24, 2.45) is 18.7 Å². The Morgan fingerprint density at radius 3 is 2.59 bits per heavy atom. The Balaban J connectivity index is 1.95. The lowest BCUT2D eigenvalue weighted by molar-refractivity contribution is -0.121. The molecule has 0 saturated carbocycles. The van der Waals surface area contributed by atoms with Crippen molar-refractivity contribution in [3.05, 3.63) is 53.6 Å². The van der Waals surface area contributed by atoms with Gasteiger partial charge in [-0.25, -0.2) is 4.39 Å². The Morgan fingerprint density at radius 2 is 2.05 bits per heavy atom. The highest BCUT2D eigenvalue weighted by molar-refractivity contribution is 5.94. The van der Waals surface area contributed by atoms with Crippen molar-refractivity contribution in [1.82, 2.24) is 15.1 Å². The lowest BCUT2D eigenvalue weighted by Gasteiger charge is -2.14. The van der Waals surface area contributed by atoms with Crippen LogP contribution in [-0.2, 0) is 18.3 Å². The zero-order valence-corrected chi connectivity index (χ0v) is 12.1. The van der Waals surface area contributed by atoms with E-state index >= 15 is 0 Å². The van der Waals surface area contributed by atoms with E-state index in [1.165, 1.54) is 23.0 Å². The molecular formula is C15H17FN4O2. The summed E-state index contributed by atoms with van der Waals surface area (Å²) < 4.78 is 14.4. The van der Waals surface area contributed by atoms with Crippen LogP contribution in [0, 0.1) is 11.7 Å². The normalized spacial score (nSPS) is 11.9. The number of primary amides is 1. The van der Waals surface area contributed by atoms with Crippen LogP contribution in [0.2, 0.25) is 0 Å². The number of nitrogens with two attached hydrogens (primary N) is 1. The number of carbonyl (C=O) groups excluding carboxylic acids is 2. The molecule has 6 nitrogen and oxygen atoms in total. The molecular weight excluding hydrogens is 287 g/mol. The maximum atomic E-state index is 12.9. The largest absolute Gasteiger partial charge is 0.369 e. The summed E-state index contributed by atoms with van der Waals surface area (Å²) in [6.45, 7) is 0.112. The molecule has 1 heterocycles. The van der Waals surface area contributed by atoms with Gasteiger partial charge in [0.05, 0.1) is 17.7 Å². The van der Waals surface area contributed by atoms with Crippen LogP contribution in [-0.4, -0.2) is 28.1 Å². The Labute approximate surface area is 127 Å². The maximum Gasteiger partial charge on any atom is 0.254 e. The van der Waals surface area contributed by atoms with Gasteiger partial charge in [0.15, 0.2) is 0 Å². The van der Waals surface area contributed by atoms with Crippen LogP contribution in [0.3, 0.4) is 0 Å². The minimum absolute atomic E-state index is 0.112. The van der Waals surface area contributed by atoms with Gasteiger partial charge in [0.2, 0.25) is 5.91 Å². The van der Waals surface area contributed by atoms with Gasteiger partial charge in [-0.05, 0) is 24.1 Å². The molecule has 0 unspecified atom stereocenters.